The second-order valence-corrected chi connectivity index (χ2v) is 6.32. The average Bonchev–Trinajstić information content (AvgIpc) is 2.37. The van der Waals surface area contributed by atoms with E-state index in [4.69, 9.17) is 21.1 Å². The van der Waals surface area contributed by atoms with Gasteiger partial charge in [-0.3, -0.25) is 0 Å². The van der Waals surface area contributed by atoms with Crippen molar-refractivity contribution in [1.29, 1.82) is 0 Å². The molecule has 0 bridgehead atoms. The highest BCUT2D eigenvalue weighted by Gasteiger charge is 2.14. The van der Waals surface area contributed by atoms with Crippen LogP contribution in [0.4, 0.5) is 0 Å². The molecule has 0 aromatic heterocycles. The van der Waals surface area contributed by atoms with Crippen molar-refractivity contribution in [2.75, 3.05) is 13.7 Å². The van der Waals surface area contributed by atoms with Gasteiger partial charge < -0.3 is 14.8 Å². The highest BCUT2D eigenvalue weighted by Crippen LogP contribution is 2.36. The summed E-state index contributed by atoms with van der Waals surface area (Å²) in [6.45, 7) is 9.93. The van der Waals surface area contributed by atoms with E-state index in [-0.39, 0.29) is 5.54 Å². The minimum absolute atomic E-state index is 0.0655. The highest BCUT2D eigenvalue weighted by atomic mass is 35.5. The fraction of sp³-hybridized carbons (Fsp3) is 0.625. The Balaban J connectivity index is 2.83. The molecule has 3 nitrogen and oxygen atoms in total. The van der Waals surface area contributed by atoms with E-state index in [0.717, 1.165) is 24.9 Å². The number of nitrogens with one attached hydrogen (secondary N) is 1. The highest BCUT2D eigenvalue weighted by molar-refractivity contribution is 6.32. The molecule has 1 rings (SSSR count). The van der Waals surface area contributed by atoms with Gasteiger partial charge in [0, 0.05) is 12.1 Å². The molecule has 0 aliphatic rings. The molecule has 20 heavy (non-hydrogen) atoms. The third kappa shape index (κ3) is 5.59. The van der Waals surface area contributed by atoms with Crippen LogP contribution >= 0.6 is 11.6 Å². The summed E-state index contributed by atoms with van der Waals surface area (Å²) >= 11 is 6.31. The Hall–Kier alpha value is -0.930. The summed E-state index contributed by atoms with van der Waals surface area (Å²) in [7, 11) is 1.64. The zero-order chi connectivity index (χ0) is 15.2. The van der Waals surface area contributed by atoms with Gasteiger partial charge in [0.05, 0.1) is 18.7 Å². The summed E-state index contributed by atoms with van der Waals surface area (Å²) in [4.78, 5) is 0. The van der Waals surface area contributed by atoms with E-state index in [1.165, 1.54) is 0 Å². The molecule has 4 heteroatoms. The molecule has 0 radical (unpaired) electrons. The van der Waals surface area contributed by atoms with E-state index < -0.39 is 0 Å². The topological polar surface area (TPSA) is 30.5 Å². The number of hydrogen-bond acceptors (Lipinski definition) is 3. The molecule has 0 saturated heterocycles. The third-order valence-electron chi connectivity index (χ3n) is 2.86. The molecule has 1 aromatic carbocycles. The lowest BCUT2D eigenvalue weighted by Crippen LogP contribution is -2.35. The third-order valence-corrected chi connectivity index (χ3v) is 3.14. The van der Waals surface area contributed by atoms with Crippen LogP contribution in [0.3, 0.4) is 0 Å². The van der Waals surface area contributed by atoms with Crippen molar-refractivity contribution >= 4 is 11.6 Å². The number of methoxy groups -OCH3 is 1. The Morgan fingerprint density at radius 2 is 1.95 bits per heavy atom. The van der Waals surface area contributed by atoms with Crippen LogP contribution in [0.5, 0.6) is 11.5 Å². The lowest BCUT2D eigenvalue weighted by atomic mass is 10.1. The van der Waals surface area contributed by atoms with E-state index in [1.807, 2.05) is 12.1 Å². The zero-order valence-electron chi connectivity index (χ0n) is 13.2. The van der Waals surface area contributed by atoms with Crippen molar-refractivity contribution in [2.24, 2.45) is 0 Å². The molecule has 114 valence electrons. The lowest BCUT2D eigenvalue weighted by molar-refractivity contribution is 0.288. The maximum atomic E-state index is 6.31. The van der Waals surface area contributed by atoms with Crippen molar-refractivity contribution in [3.05, 3.63) is 22.7 Å². The molecule has 0 atom stereocenters. The summed E-state index contributed by atoms with van der Waals surface area (Å²) in [5, 5.41) is 4.04. The first-order valence-corrected chi connectivity index (χ1v) is 7.49. The molecule has 1 aromatic rings. The zero-order valence-corrected chi connectivity index (χ0v) is 13.9. The normalized spacial score (nSPS) is 11.5. The Labute approximate surface area is 127 Å². The fourth-order valence-corrected chi connectivity index (χ4v) is 1.99. The molecule has 0 amide bonds. The van der Waals surface area contributed by atoms with Crippen LogP contribution in [0.2, 0.25) is 5.02 Å². The number of unbranched alkanes of at least 4 members (excludes halogenated alkanes) is 1. The Kier molecular flexibility index (Phi) is 6.63. The molecule has 1 N–H and O–H groups in total. The van der Waals surface area contributed by atoms with E-state index in [2.05, 4.69) is 33.0 Å². The lowest BCUT2D eigenvalue weighted by Gasteiger charge is -2.21. The van der Waals surface area contributed by atoms with Gasteiger partial charge in [-0.25, -0.2) is 0 Å². The molecule has 0 aliphatic carbocycles. The van der Waals surface area contributed by atoms with E-state index >= 15 is 0 Å². The van der Waals surface area contributed by atoms with Crippen molar-refractivity contribution in [3.63, 3.8) is 0 Å². The number of ether oxygens (including phenoxy) is 2. The van der Waals surface area contributed by atoms with Crippen LogP contribution in [0, 0.1) is 0 Å². The van der Waals surface area contributed by atoms with Gasteiger partial charge in [-0.2, -0.15) is 0 Å². The predicted molar refractivity (Wildman–Crippen MR) is 85.0 cm³/mol. The van der Waals surface area contributed by atoms with Crippen LogP contribution in [0.25, 0.3) is 0 Å². The van der Waals surface area contributed by atoms with Gasteiger partial charge in [-0.1, -0.05) is 24.9 Å². The fourth-order valence-electron chi connectivity index (χ4n) is 1.70. The smallest absolute Gasteiger partial charge is 0.179 e. The van der Waals surface area contributed by atoms with Gasteiger partial charge in [-0.15, -0.1) is 0 Å². The van der Waals surface area contributed by atoms with Crippen LogP contribution in [0.1, 0.15) is 46.1 Å². The van der Waals surface area contributed by atoms with E-state index in [9.17, 15) is 0 Å². The van der Waals surface area contributed by atoms with Crippen LogP contribution < -0.4 is 14.8 Å². The first kappa shape index (κ1) is 17.1. The van der Waals surface area contributed by atoms with E-state index in [1.54, 1.807) is 7.11 Å². The van der Waals surface area contributed by atoms with Crippen LogP contribution in [-0.2, 0) is 6.54 Å². The predicted octanol–water partition coefficient (Wildman–Crippen LogP) is 4.42. The van der Waals surface area contributed by atoms with Gasteiger partial charge in [0.2, 0.25) is 0 Å². The summed E-state index contributed by atoms with van der Waals surface area (Å²) in [5.41, 5.74) is 1.15. The van der Waals surface area contributed by atoms with Crippen molar-refractivity contribution in [3.8, 4) is 11.5 Å². The molecule has 0 fully saturated rings. The van der Waals surface area contributed by atoms with Gasteiger partial charge >= 0.3 is 0 Å². The minimum Gasteiger partial charge on any atom is -0.493 e. The first-order valence-electron chi connectivity index (χ1n) is 7.11. The Morgan fingerprint density at radius 1 is 1.25 bits per heavy atom. The Bertz CT molecular complexity index is 427. The summed E-state index contributed by atoms with van der Waals surface area (Å²) in [5.74, 6) is 1.33. The molecule has 0 heterocycles. The molecular formula is C16H26ClNO2. The molecule has 0 unspecified atom stereocenters. The average molecular weight is 300 g/mol. The second kappa shape index (κ2) is 7.75. The number of benzene rings is 1. The van der Waals surface area contributed by atoms with Crippen LogP contribution in [-0.4, -0.2) is 19.3 Å². The number of rotatable bonds is 7. The maximum absolute atomic E-state index is 6.31. The van der Waals surface area contributed by atoms with Crippen molar-refractivity contribution < 1.29 is 9.47 Å². The second-order valence-electron chi connectivity index (χ2n) is 5.91. The maximum Gasteiger partial charge on any atom is 0.179 e. The van der Waals surface area contributed by atoms with Crippen molar-refractivity contribution in [1.82, 2.24) is 5.32 Å². The Morgan fingerprint density at radius 3 is 2.50 bits per heavy atom. The van der Waals surface area contributed by atoms with Gasteiger partial charge in [0.1, 0.15) is 0 Å². The summed E-state index contributed by atoms with van der Waals surface area (Å²) in [6.07, 6.45) is 2.10. The van der Waals surface area contributed by atoms with Crippen molar-refractivity contribution in [2.45, 2.75) is 52.6 Å². The number of halogens is 1. The molecule has 0 saturated carbocycles. The standard InChI is InChI=1S/C16H26ClNO2/c1-6-7-8-20-15-13(17)9-12(10-14(15)19-5)11-18-16(2,3)4/h9-10,18H,6-8,11H2,1-5H3. The van der Waals surface area contributed by atoms with Crippen LogP contribution in [0.15, 0.2) is 12.1 Å². The summed E-state index contributed by atoms with van der Waals surface area (Å²) in [6, 6.07) is 3.91. The van der Waals surface area contributed by atoms with Gasteiger partial charge in [-0.05, 0) is 44.9 Å². The van der Waals surface area contributed by atoms with E-state index in [0.29, 0.717) is 23.1 Å². The first-order chi connectivity index (χ1) is 9.37. The quantitative estimate of drug-likeness (QED) is 0.756. The molecule has 0 spiro atoms. The summed E-state index contributed by atoms with van der Waals surface area (Å²) < 4.78 is 11.1. The van der Waals surface area contributed by atoms with Gasteiger partial charge in [0.25, 0.3) is 0 Å². The molecule has 0 aliphatic heterocycles. The largest absolute Gasteiger partial charge is 0.493 e. The van der Waals surface area contributed by atoms with Gasteiger partial charge in [0.15, 0.2) is 11.5 Å². The molecular weight excluding hydrogens is 274 g/mol. The number of hydrogen-bond donors (Lipinski definition) is 1. The minimum atomic E-state index is 0.0655. The monoisotopic (exact) mass is 299 g/mol. The SMILES string of the molecule is CCCCOc1c(Cl)cc(CNC(C)(C)C)cc1OC.